The van der Waals surface area contributed by atoms with E-state index in [9.17, 15) is 0 Å². The van der Waals surface area contributed by atoms with Gasteiger partial charge in [0.1, 0.15) is 0 Å². The zero-order valence-corrected chi connectivity index (χ0v) is 31.7. The molecule has 0 heterocycles. The van der Waals surface area contributed by atoms with Crippen molar-refractivity contribution in [2.45, 2.75) is 19.3 Å². The van der Waals surface area contributed by atoms with Crippen molar-refractivity contribution in [2.75, 3.05) is 4.90 Å². The summed E-state index contributed by atoms with van der Waals surface area (Å²) in [5, 5.41) is 2.49. The zero-order chi connectivity index (χ0) is 37.6. The van der Waals surface area contributed by atoms with Crippen LogP contribution in [0.3, 0.4) is 0 Å². The molecule has 10 rings (SSSR count). The average Bonchev–Trinajstić information content (AvgIpc) is 3.49. The lowest BCUT2D eigenvalue weighted by atomic mass is 9.82. The molecule has 0 aromatic heterocycles. The van der Waals surface area contributed by atoms with Gasteiger partial charge in [-0.1, -0.05) is 190 Å². The van der Waals surface area contributed by atoms with E-state index in [1.807, 2.05) is 0 Å². The molecule has 0 saturated heterocycles. The molecule has 9 aromatic rings. The highest BCUT2D eigenvalue weighted by molar-refractivity contribution is 6.04. The van der Waals surface area contributed by atoms with Crippen LogP contribution < -0.4 is 4.90 Å². The molecule has 0 fully saturated rings. The molecule has 0 spiro atoms. The molecule has 0 saturated carbocycles. The van der Waals surface area contributed by atoms with Crippen LogP contribution in [0.4, 0.5) is 17.1 Å². The summed E-state index contributed by atoms with van der Waals surface area (Å²) >= 11 is 0. The molecular formula is C55H41N. The van der Waals surface area contributed by atoms with Gasteiger partial charge >= 0.3 is 0 Å². The molecule has 9 aromatic carbocycles. The summed E-state index contributed by atoms with van der Waals surface area (Å²) in [5.41, 5.74) is 18.3. The van der Waals surface area contributed by atoms with Crippen molar-refractivity contribution in [2.24, 2.45) is 0 Å². The van der Waals surface area contributed by atoms with Crippen LogP contribution in [0, 0.1) is 0 Å². The second-order valence-corrected chi connectivity index (χ2v) is 15.3. The first kappa shape index (κ1) is 33.6. The second kappa shape index (κ2) is 13.7. The quantitative estimate of drug-likeness (QED) is 0.159. The number of anilines is 3. The molecular weight excluding hydrogens is 675 g/mol. The largest absolute Gasteiger partial charge is 0.310 e. The monoisotopic (exact) mass is 715 g/mol. The van der Waals surface area contributed by atoms with Crippen molar-refractivity contribution in [3.05, 3.63) is 223 Å². The summed E-state index contributed by atoms with van der Waals surface area (Å²) in [6.07, 6.45) is 0. The number of hydrogen-bond acceptors (Lipinski definition) is 1. The van der Waals surface area contributed by atoms with Crippen LogP contribution in [-0.4, -0.2) is 0 Å². The maximum absolute atomic E-state index is 2.45. The Bertz CT molecular complexity index is 2870. The van der Waals surface area contributed by atoms with E-state index in [0.29, 0.717) is 0 Å². The van der Waals surface area contributed by atoms with Crippen LogP contribution in [0.2, 0.25) is 0 Å². The maximum atomic E-state index is 2.45. The lowest BCUT2D eigenvalue weighted by Crippen LogP contribution is -2.15. The molecule has 1 nitrogen and oxygen atoms in total. The van der Waals surface area contributed by atoms with Gasteiger partial charge in [0, 0.05) is 22.5 Å². The van der Waals surface area contributed by atoms with E-state index in [-0.39, 0.29) is 5.41 Å². The van der Waals surface area contributed by atoms with Crippen molar-refractivity contribution in [1.29, 1.82) is 0 Å². The summed E-state index contributed by atoms with van der Waals surface area (Å²) in [6, 6.07) is 77.7. The first-order chi connectivity index (χ1) is 27.5. The summed E-state index contributed by atoms with van der Waals surface area (Å²) in [4.78, 5) is 2.45. The van der Waals surface area contributed by atoms with Crippen molar-refractivity contribution < 1.29 is 0 Å². The molecule has 0 radical (unpaired) electrons. The van der Waals surface area contributed by atoms with Gasteiger partial charge in [0.2, 0.25) is 0 Å². The molecule has 1 aliphatic carbocycles. The predicted molar refractivity (Wildman–Crippen MR) is 238 cm³/mol. The topological polar surface area (TPSA) is 3.24 Å². The van der Waals surface area contributed by atoms with E-state index in [1.165, 1.54) is 77.5 Å². The van der Waals surface area contributed by atoms with E-state index in [0.717, 1.165) is 17.1 Å². The Morgan fingerprint density at radius 1 is 0.321 bits per heavy atom. The lowest BCUT2D eigenvalue weighted by Gasteiger charge is -2.28. The van der Waals surface area contributed by atoms with Crippen LogP contribution in [-0.2, 0) is 5.41 Å². The van der Waals surface area contributed by atoms with Gasteiger partial charge in [0.15, 0.2) is 0 Å². The minimum absolute atomic E-state index is 0.0725. The Balaban J connectivity index is 1.20. The summed E-state index contributed by atoms with van der Waals surface area (Å²) in [6.45, 7) is 4.70. The highest BCUT2D eigenvalue weighted by atomic mass is 15.1. The molecule has 0 amide bonds. The van der Waals surface area contributed by atoms with Crippen molar-refractivity contribution >= 4 is 27.8 Å². The van der Waals surface area contributed by atoms with E-state index in [1.54, 1.807) is 0 Å². The summed E-state index contributed by atoms with van der Waals surface area (Å²) < 4.78 is 0. The fourth-order valence-electron chi connectivity index (χ4n) is 8.93. The number of fused-ring (bicyclic) bond motifs is 4. The van der Waals surface area contributed by atoms with Gasteiger partial charge in [-0.05, 0) is 114 Å². The van der Waals surface area contributed by atoms with Gasteiger partial charge in [0.25, 0.3) is 0 Å². The van der Waals surface area contributed by atoms with Gasteiger partial charge in [-0.3, -0.25) is 0 Å². The summed E-state index contributed by atoms with van der Waals surface area (Å²) in [5.74, 6) is 0. The minimum atomic E-state index is -0.0725. The fraction of sp³-hybridized carbons (Fsp3) is 0.0545. The smallest absolute Gasteiger partial charge is 0.0468 e. The number of rotatable bonds is 7. The molecule has 56 heavy (non-hydrogen) atoms. The Labute approximate surface area is 329 Å². The highest BCUT2D eigenvalue weighted by Crippen LogP contribution is 2.51. The fourth-order valence-corrected chi connectivity index (χ4v) is 8.93. The third kappa shape index (κ3) is 5.72. The molecule has 0 atom stereocenters. The van der Waals surface area contributed by atoms with Crippen molar-refractivity contribution in [3.63, 3.8) is 0 Å². The van der Waals surface area contributed by atoms with Crippen LogP contribution in [0.1, 0.15) is 25.0 Å². The van der Waals surface area contributed by atoms with Crippen LogP contribution in [0.5, 0.6) is 0 Å². The molecule has 266 valence electrons. The number of hydrogen-bond donors (Lipinski definition) is 0. The van der Waals surface area contributed by atoms with Gasteiger partial charge < -0.3 is 4.90 Å². The molecule has 0 N–H and O–H groups in total. The summed E-state index contributed by atoms with van der Waals surface area (Å²) in [7, 11) is 0. The van der Waals surface area contributed by atoms with Crippen LogP contribution in [0.15, 0.2) is 212 Å². The molecule has 0 bridgehead atoms. The van der Waals surface area contributed by atoms with Crippen LogP contribution >= 0.6 is 0 Å². The Morgan fingerprint density at radius 3 is 1.61 bits per heavy atom. The number of benzene rings is 9. The molecule has 1 aliphatic rings. The van der Waals surface area contributed by atoms with Crippen molar-refractivity contribution in [3.8, 4) is 55.6 Å². The number of nitrogens with zero attached hydrogens (tertiary/aromatic N) is 1. The minimum Gasteiger partial charge on any atom is -0.310 e. The standard InChI is InChI=1S/C55H41N/c1-55(2)52-28-15-14-27-49(52)51-37-45(31-34-53(51)55)56(44-30-33-46(38-17-6-3-7-18-38)50(36-44)39-19-8-4-9-20-39)43-25-16-24-42(35-43)48-32-29-40-21-12-13-26-47(40)54(48)41-22-10-5-11-23-41/h3-37H,1-2H3. The Hall–Kier alpha value is -6.96. The zero-order valence-electron chi connectivity index (χ0n) is 31.7. The highest BCUT2D eigenvalue weighted by Gasteiger charge is 2.35. The van der Waals surface area contributed by atoms with E-state index in [2.05, 4.69) is 231 Å². The maximum Gasteiger partial charge on any atom is 0.0468 e. The van der Waals surface area contributed by atoms with E-state index in [4.69, 9.17) is 0 Å². The Kier molecular flexibility index (Phi) is 8.23. The predicted octanol–water partition coefficient (Wildman–Crippen LogP) is 15.3. The first-order valence-electron chi connectivity index (χ1n) is 19.5. The van der Waals surface area contributed by atoms with Crippen molar-refractivity contribution in [1.82, 2.24) is 0 Å². The SMILES string of the molecule is CC1(C)c2ccccc2-c2cc(N(c3cccc(-c4ccc5ccccc5c4-c4ccccc4)c3)c3ccc(-c4ccccc4)c(-c4ccccc4)c3)ccc21. The van der Waals surface area contributed by atoms with Gasteiger partial charge in [0.05, 0.1) is 0 Å². The van der Waals surface area contributed by atoms with Gasteiger partial charge in [-0.15, -0.1) is 0 Å². The first-order valence-corrected chi connectivity index (χ1v) is 19.5. The van der Waals surface area contributed by atoms with Gasteiger partial charge in [-0.25, -0.2) is 0 Å². The normalized spacial score (nSPS) is 12.6. The lowest BCUT2D eigenvalue weighted by molar-refractivity contribution is 0.660. The van der Waals surface area contributed by atoms with Crippen LogP contribution in [0.25, 0.3) is 66.4 Å². The molecule has 1 heteroatoms. The van der Waals surface area contributed by atoms with Gasteiger partial charge in [-0.2, -0.15) is 0 Å². The Morgan fingerprint density at radius 2 is 0.857 bits per heavy atom. The third-order valence-corrected chi connectivity index (χ3v) is 11.7. The third-order valence-electron chi connectivity index (χ3n) is 11.7. The average molecular weight is 716 g/mol. The molecule has 0 unspecified atom stereocenters. The second-order valence-electron chi connectivity index (χ2n) is 15.3. The van der Waals surface area contributed by atoms with E-state index >= 15 is 0 Å². The molecule has 0 aliphatic heterocycles. The van der Waals surface area contributed by atoms with E-state index < -0.39 is 0 Å².